The Balaban J connectivity index is 1.49. The van der Waals surface area contributed by atoms with Crippen LogP contribution in [0.1, 0.15) is 33.4 Å². The highest BCUT2D eigenvalue weighted by Crippen LogP contribution is 2.39. The van der Waals surface area contributed by atoms with E-state index in [1.807, 2.05) is 12.1 Å². The number of ether oxygens (including phenoxy) is 4. The number of aryl methyl sites for hydroxylation is 4. The summed E-state index contributed by atoms with van der Waals surface area (Å²) in [7, 11) is 0. The number of benzene rings is 3. The maximum Gasteiger partial charge on any atom is 0.137 e. The summed E-state index contributed by atoms with van der Waals surface area (Å²) in [4.78, 5) is 1.15. The van der Waals surface area contributed by atoms with Gasteiger partial charge in [-0.2, -0.15) is 0 Å². The zero-order valence-electron chi connectivity index (χ0n) is 22.8. The minimum Gasteiger partial charge on any atom is -0.387 e. The van der Waals surface area contributed by atoms with Gasteiger partial charge in [0.1, 0.15) is 29.9 Å². The van der Waals surface area contributed by atoms with E-state index in [1.54, 1.807) is 17.8 Å². The maximum atomic E-state index is 11.6. The van der Waals surface area contributed by atoms with Gasteiger partial charge in [-0.05, 0) is 60.1 Å². The van der Waals surface area contributed by atoms with Gasteiger partial charge in [-0.3, -0.25) is 0 Å². The largest absolute Gasteiger partial charge is 0.387 e. The van der Waals surface area contributed by atoms with Crippen LogP contribution in [0.5, 0.6) is 0 Å². The summed E-state index contributed by atoms with van der Waals surface area (Å²) >= 11 is 1.63. The molecule has 5 rings (SSSR count). The highest BCUT2D eigenvalue weighted by Gasteiger charge is 2.47. The summed E-state index contributed by atoms with van der Waals surface area (Å²) < 4.78 is 25.6. The third-order valence-electron chi connectivity index (χ3n) is 7.54. The smallest absolute Gasteiger partial charge is 0.137 e. The monoisotopic (exact) mass is 546 g/mol. The van der Waals surface area contributed by atoms with Crippen LogP contribution in [-0.4, -0.2) is 48.2 Å². The van der Waals surface area contributed by atoms with E-state index < -0.39 is 29.9 Å². The number of aliphatic hydroxyl groups is 1. The summed E-state index contributed by atoms with van der Waals surface area (Å²) in [6, 6.07) is 23.1. The van der Waals surface area contributed by atoms with Gasteiger partial charge in [0.15, 0.2) is 0 Å². The minimum atomic E-state index is -0.917. The maximum absolute atomic E-state index is 11.6. The van der Waals surface area contributed by atoms with Crippen molar-refractivity contribution in [1.29, 1.82) is 0 Å². The van der Waals surface area contributed by atoms with Crippen molar-refractivity contribution in [2.24, 2.45) is 0 Å². The van der Waals surface area contributed by atoms with Crippen molar-refractivity contribution in [2.45, 2.75) is 74.7 Å². The molecule has 3 aromatic carbocycles. The minimum absolute atomic E-state index is 0.254. The van der Waals surface area contributed by atoms with Crippen LogP contribution >= 0.6 is 11.8 Å². The Labute approximate surface area is 236 Å². The van der Waals surface area contributed by atoms with Crippen molar-refractivity contribution in [3.8, 4) is 0 Å². The van der Waals surface area contributed by atoms with Crippen LogP contribution < -0.4 is 0 Å². The molecule has 0 saturated carbocycles. The number of hydrogen-bond acceptors (Lipinski definition) is 6. The summed E-state index contributed by atoms with van der Waals surface area (Å²) in [5.41, 5.74) is 6.76. The molecule has 0 aliphatic carbocycles. The fourth-order valence-electron chi connectivity index (χ4n) is 5.40. The van der Waals surface area contributed by atoms with E-state index in [0.29, 0.717) is 19.8 Å². The first-order valence-electron chi connectivity index (χ1n) is 13.7. The van der Waals surface area contributed by atoms with Crippen molar-refractivity contribution in [3.63, 3.8) is 0 Å². The molecule has 2 aliphatic heterocycles. The van der Waals surface area contributed by atoms with Crippen molar-refractivity contribution >= 4 is 11.8 Å². The Morgan fingerprint density at radius 2 is 1.51 bits per heavy atom. The van der Waals surface area contributed by atoms with Crippen LogP contribution in [0.25, 0.3) is 0 Å². The molecule has 0 amide bonds. The van der Waals surface area contributed by atoms with Crippen LogP contribution in [0.3, 0.4) is 0 Å². The SMILES string of the molecule is C=CCO[C@@H]1[C@H]2OCc3ccccc3CCc3ccccc3COC[C@@H](O[C@H]1Sc1c(C)cccc1C)[C@H]2O. The predicted molar refractivity (Wildman–Crippen MR) is 155 cm³/mol. The van der Waals surface area contributed by atoms with Gasteiger partial charge in [-0.15, -0.1) is 6.58 Å². The number of thioether (sulfide) groups is 1. The molecule has 1 N–H and O–H groups in total. The second-order valence-corrected chi connectivity index (χ2v) is 11.4. The molecular weight excluding hydrogens is 508 g/mol. The predicted octanol–water partition coefficient (Wildman–Crippen LogP) is 5.95. The first-order valence-corrected chi connectivity index (χ1v) is 14.5. The number of fused-ring (bicyclic) bond motifs is 4. The molecule has 0 radical (unpaired) electrons. The zero-order valence-corrected chi connectivity index (χ0v) is 23.6. The molecule has 2 aliphatic rings. The van der Waals surface area contributed by atoms with Crippen molar-refractivity contribution in [3.05, 3.63) is 113 Å². The van der Waals surface area contributed by atoms with Crippen LogP contribution in [0.4, 0.5) is 0 Å². The van der Waals surface area contributed by atoms with E-state index in [2.05, 4.69) is 75.0 Å². The highest BCUT2D eigenvalue weighted by molar-refractivity contribution is 8.00. The molecule has 6 heteroatoms. The van der Waals surface area contributed by atoms with Gasteiger partial charge in [-0.25, -0.2) is 0 Å². The normalized spacial score (nSPS) is 25.7. The topological polar surface area (TPSA) is 57.2 Å². The number of rotatable bonds is 5. The van der Waals surface area contributed by atoms with Crippen LogP contribution in [0, 0.1) is 13.8 Å². The molecule has 5 atom stereocenters. The third kappa shape index (κ3) is 6.65. The lowest BCUT2D eigenvalue weighted by molar-refractivity contribution is -0.236. The fourth-order valence-corrected chi connectivity index (χ4v) is 6.70. The zero-order chi connectivity index (χ0) is 27.2. The van der Waals surface area contributed by atoms with Gasteiger partial charge in [0.2, 0.25) is 0 Å². The lowest BCUT2D eigenvalue weighted by Gasteiger charge is -2.44. The standard InChI is InChI=1S/C33H38O5S/c1-4-18-36-31-30-29(34)28(38-33(31)39-32-22(2)10-9-11-23(32)3)21-35-19-26-14-7-5-12-24(26)16-17-25-13-6-8-15-27(25)20-37-30/h4-15,28-31,33-34H,1,16-21H2,2-3H3/t28-,29-,30+,31-,33+/m1/s1. The van der Waals surface area contributed by atoms with E-state index in [0.717, 1.165) is 23.3 Å². The second kappa shape index (κ2) is 13.3. The van der Waals surface area contributed by atoms with Gasteiger partial charge < -0.3 is 24.1 Å². The van der Waals surface area contributed by atoms with E-state index in [4.69, 9.17) is 18.9 Å². The summed E-state index contributed by atoms with van der Waals surface area (Å²) in [6.45, 7) is 9.47. The Bertz CT molecular complexity index is 1240. The Morgan fingerprint density at radius 1 is 0.897 bits per heavy atom. The first kappa shape index (κ1) is 28.1. The number of hydrogen-bond donors (Lipinski definition) is 1. The van der Waals surface area contributed by atoms with Crippen LogP contribution in [-0.2, 0) is 45.0 Å². The van der Waals surface area contributed by atoms with Crippen LogP contribution in [0.2, 0.25) is 0 Å². The van der Waals surface area contributed by atoms with E-state index in [9.17, 15) is 5.11 Å². The molecule has 0 spiro atoms. The Hall–Kier alpha value is -2.45. The summed E-state index contributed by atoms with van der Waals surface area (Å²) in [6.07, 6.45) is 0.958. The van der Waals surface area contributed by atoms with Gasteiger partial charge in [0, 0.05) is 4.90 Å². The average molecular weight is 547 g/mol. The molecule has 2 heterocycles. The Morgan fingerprint density at radius 3 is 2.15 bits per heavy atom. The molecule has 0 unspecified atom stereocenters. The average Bonchev–Trinajstić information content (AvgIpc) is 2.94. The van der Waals surface area contributed by atoms with E-state index in [-0.39, 0.29) is 6.61 Å². The highest BCUT2D eigenvalue weighted by atomic mass is 32.2. The second-order valence-electron chi connectivity index (χ2n) is 10.3. The first-order chi connectivity index (χ1) is 19.0. The summed E-state index contributed by atoms with van der Waals surface area (Å²) in [5, 5.41) is 11.6. The fraction of sp³-hybridized carbons (Fsp3) is 0.394. The van der Waals surface area contributed by atoms with Crippen LogP contribution in [0.15, 0.2) is 84.3 Å². The molecule has 1 fully saturated rings. The molecule has 3 aromatic rings. The van der Waals surface area contributed by atoms with Crippen molar-refractivity contribution in [2.75, 3.05) is 13.2 Å². The molecule has 1 saturated heterocycles. The third-order valence-corrected chi connectivity index (χ3v) is 9.03. The molecule has 206 valence electrons. The van der Waals surface area contributed by atoms with Gasteiger partial charge in [0.25, 0.3) is 0 Å². The van der Waals surface area contributed by atoms with Gasteiger partial charge in [-0.1, -0.05) is 84.6 Å². The molecule has 39 heavy (non-hydrogen) atoms. The molecular formula is C33H38O5S. The van der Waals surface area contributed by atoms with Gasteiger partial charge >= 0.3 is 0 Å². The molecule has 2 bridgehead atoms. The van der Waals surface area contributed by atoms with E-state index >= 15 is 0 Å². The van der Waals surface area contributed by atoms with Crippen molar-refractivity contribution < 1.29 is 24.1 Å². The number of aliphatic hydroxyl groups excluding tert-OH is 1. The summed E-state index contributed by atoms with van der Waals surface area (Å²) in [5.74, 6) is 0. The molecule has 0 aromatic heterocycles. The van der Waals surface area contributed by atoms with Crippen molar-refractivity contribution in [1.82, 2.24) is 0 Å². The van der Waals surface area contributed by atoms with Gasteiger partial charge in [0.05, 0.1) is 26.4 Å². The lowest BCUT2D eigenvalue weighted by atomic mass is 9.96. The quantitative estimate of drug-likeness (QED) is 0.399. The Kier molecular flexibility index (Phi) is 9.56. The molecule has 5 nitrogen and oxygen atoms in total. The van der Waals surface area contributed by atoms with E-state index in [1.165, 1.54) is 27.8 Å². The lowest BCUT2D eigenvalue weighted by Crippen LogP contribution is -2.59.